The summed E-state index contributed by atoms with van der Waals surface area (Å²) < 4.78 is 7.87. The molecule has 93 heavy (non-hydrogen) atoms. The molecule has 0 radical (unpaired) electrons. The molecular weight excluding hydrogens is 1120 g/mol. The summed E-state index contributed by atoms with van der Waals surface area (Å²) in [6.45, 7) is 2.09. The highest BCUT2D eigenvalue weighted by molar-refractivity contribution is 6.94. The van der Waals surface area contributed by atoms with E-state index in [2.05, 4.69) is 334 Å². The second-order valence-electron chi connectivity index (χ2n) is 26.3. The Morgan fingerprint density at radius 1 is 0.323 bits per heavy atom. The van der Waals surface area contributed by atoms with Crippen molar-refractivity contribution < 1.29 is 0 Å². The molecule has 0 atom stereocenters. The highest BCUT2D eigenvalue weighted by Crippen LogP contribution is 2.60. The second kappa shape index (κ2) is 18.0. The number of rotatable bonds is 6. The van der Waals surface area contributed by atoms with Crippen LogP contribution in [0, 0.1) is 6.92 Å². The number of fused-ring (bicyclic) bond motifs is 19. The standard InChI is InChI=1S/C86H53B2N5/c1-52-46-68-66-33-18-32-63-62-45-44-54(49-77(62)93(82(63)66)88-73-40-21-35-64-60-30-11-14-41-74(60)90(84(64)73)78(47-52)80(68)88)53-22-17-29-58(48-53)89(57-27-9-4-10-28-57)59-50-69-67-34-19-38-71-83(67)92(76-43-16-13-37-70(76)86(71,55-23-5-2-6-24-55)56-25-7-3-8-26-56)87-72-39-20-36-65-61-31-12-15-42-75(61)91(85(65)72)79(51-59)81(69)87/h2-51H,1H3. The summed E-state index contributed by atoms with van der Waals surface area (Å²) in [6, 6.07) is 115. The van der Waals surface area contributed by atoms with E-state index in [1.165, 1.54) is 166 Å². The van der Waals surface area contributed by atoms with Gasteiger partial charge in [0.1, 0.15) is 0 Å². The Morgan fingerprint density at radius 2 is 0.849 bits per heavy atom. The van der Waals surface area contributed by atoms with Gasteiger partial charge in [-0.15, -0.1) is 0 Å². The smallest absolute Gasteiger partial charge is 0.333 e. The Balaban J connectivity index is 0.784. The summed E-state index contributed by atoms with van der Waals surface area (Å²) in [7, 11) is 0. The van der Waals surface area contributed by atoms with Gasteiger partial charge >= 0.3 is 13.7 Å². The molecule has 428 valence electrons. The van der Waals surface area contributed by atoms with Crippen molar-refractivity contribution >= 4 is 129 Å². The molecule has 0 saturated carbocycles. The summed E-state index contributed by atoms with van der Waals surface area (Å²) in [5, 5.41) is 7.67. The molecule has 17 aromatic rings. The van der Waals surface area contributed by atoms with Crippen LogP contribution in [0.25, 0.3) is 110 Å². The zero-order valence-electron chi connectivity index (χ0n) is 50.8. The number of aromatic nitrogens is 3. The molecule has 0 saturated heterocycles. The van der Waals surface area contributed by atoms with Crippen LogP contribution in [0.15, 0.2) is 303 Å². The average molecular weight is 1180 g/mol. The molecule has 8 heterocycles. The predicted octanol–water partition coefficient (Wildman–Crippen LogP) is 18.3. The van der Waals surface area contributed by atoms with Crippen LogP contribution in [0.5, 0.6) is 0 Å². The monoisotopic (exact) mass is 1180 g/mol. The summed E-state index contributed by atoms with van der Waals surface area (Å²) in [5.74, 6) is 0. The fourth-order valence-electron chi connectivity index (χ4n) is 18.4. The third-order valence-electron chi connectivity index (χ3n) is 21.8. The van der Waals surface area contributed by atoms with E-state index in [0.29, 0.717) is 0 Å². The molecule has 5 nitrogen and oxygen atoms in total. The first-order valence-corrected chi connectivity index (χ1v) is 32.6. The van der Waals surface area contributed by atoms with Crippen LogP contribution in [0.3, 0.4) is 0 Å². The lowest BCUT2D eigenvalue weighted by Crippen LogP contribution is -2.62. The lowest BCUT2D eigenvalue weighted by molar-refractivity contribution is 0.734. The number of nitrogens with zero attached hydrogens (tertiary/aromatic N) is 5. The third-order valence-corrected chi connectivity index (χ3v) is 21.8. The predicted molar refractivity (Wildman–Crippen MR) is 390 cm³/mol. The van der Waals surface area contributed by atoms with Gasteiger partial charge in [0.05, 0.1) is 27.5 Å². The van der Waals surface area contributed by atoms with E-state index in [-0.39, 0.29) is 13.7 Å². The van der Waals surface area contributed by atoms with Crippen molar-refractivity contribution in [3.8, 4) is 44.8 Å². The Kier molecular flexibility index (Phi) is 9.68. The number of anilines is 5. The van der Waals surface area contributed by atoms with Gasteiger partial charge in [-0.2, -0.15) is 0 Å². The van der Waals surface area contributed by atoms with Gasteiger partial charge in [0.2, 0.25) is 0 Å². The van der Waals surface area contributed by atoms with E-state index >= 15 is 0 Å². The van der Waals surface area contributed by atoms with Crippen LogP contribution in [0.2, 0.25) is 0 Å². The van der Waals surface area contributed by atoms with Gasteiger partial charge in [0, 0.05) is 94.3 Å². The fourth-order valence-corrected chi connectivity index (χ4v) is 18.4. The minimum absolute atomic E-state index is 0.0263. The van der Waals surface area contributed by atoms with Crippen molar-refractivity contribution in [2.75, 3.05) is 9.71 Å². The SMILES string of the molecule is Cc1cc2c3c(c1)-n1c4ccccc4c4cccc(c41)B3n1c3cc(-c4cccc(N(c5ccccc5)c5cc6c7c(c5)-n5c8ccccc8c8cccc(c85)B7N5c7ccccc7C(c7ccccc7)(c7ccccc7)c7cccc-6c75)c4)ccc3c3cccc-2c31. The van der Waals surface area contributed by atoms with Crippen LogP contribution in [0.4, 0.5) is 28.4 Å². The summed E-state index contributed by atoms with van der Waals surface area (Å²) in [6.07, 6.45) is 0. The molecule has 0 aliphatic carbocycles. The molecule has 0 unspecified atom stereocenters. The Hall–Kier alpha value is -11.8. The van der Waals surface area contributed by atoms with Crippen molar-refractivity contribution in [3.63, 3.8) is 0 Å². The normalized spacial score (nSPS) is 13.9. The summed E-state index contributed by atoms with van der Waals surface area (Å²) in [5.41, 5.74) is 34.2. The molecule has 3 aromatic heterocycles. The molecule has 22 rings (SSSR count). The van der Waals surface area contributed by atoms with E-state index < -0.39 is 5.41 Å². The molecule has 5 aliphatic rings. The first kappa shape index (κ1) is 50.0. The summed E-state index contributed by atoms with van der Waals surface area (Å²) in [4.78, 5) is 5.24. The Bertz CT molecular complexity index is 6140. The molecule has 0 spiro atoms. The first-order valence-electron chi connectivity index (χ1n) is 32.6. The molecule has 0 bridgehead atoms. The van der Waals surface area contributed by atoms with Crippen LogP contribution in [-0.4, -0.2) is 27.3 Å². The van der Waals surface area contributed by atoms with Gasteiger partial charge < -0.3 is 23.3 Å². The lowest BCUT2D eigenvalue weighted by Gasteiger charge is -2.52. The minimum Gasteiger partial charge on any atom is -0.376 e. The number of hydrogen-bond donors (Lipinski definition) is 0. The number of hydrogen-bond acceptors (Lipinski definition) is 2. The molecule has 0 N–H and O–H groups in total. The minimum atomic E-state index is -0.625. The maximum absolute atomic E-state index is 2.73. The van der Waals surface area contributed by atoms with Gasteiger partial charge in [-0.1, -0.05) is 237 Å². The average Bonchev–Trinajstić information content (AvgIpc) is 1.68. The molecule has 0 amide bonds. The maximum Gasteiger partial charge on any atom is 0.333 e. The van der Waals surface area contributed by atoms with Crippen LogP contribution >= 0.6 is 0 Å². The molecule has 0 fully saturated rings. The van der Waals surface area contributed by atoms with Crippen LogP contribution in [0.1, 0.15) is 27.8 Å². The van der Waals surface area contributed by atoms with Crippen LogP contribution < -0.4 is 31.6 Å². The van der Waals surface area contributed by atoms with Crippen LogP contribution in [-0.2, 0) is 5.41 Å². The largest absolute Gasteiger partial charge is 0.376 e. The highest BCUT2D eigenvalue weighted by atomic mass is 15.2. The van der Waals surface area contributed by atoms with Gasteiger partial charge in [0.15, 0.2) is 0 Å². The van der Waals surface area contributed by atoms with E-state index in [1.54, 1.807) is 0 Å². The summed E-state index contributed by atoms with van der Waals surface area (Å²) >= 11 is 0. The van der Waals surface area contributed by atoms with Gasteiger partial charge in [-0.3, -0.25) is 0 Å². The van der Waals surface area contributed by atoms with Gasteiger partial charge in [-0.25, -0.2) is 0 Å². The fraction of sp³-hybridized carbons (Fsp3) is 0.0233. The molecule has 14 aromatic carbocycles. The van der Waals surface area contributed by atoms with Gasteiger partial charge in [-0.05, 0) is 146 Å². The zero-order valence-corrected chi connectivity index (χ0v) is 50.8. The highest BCUT2D eigenvalue weighted by Gasteiger charge is 2.53. The Labute approximate surface area is 537 Å². The third kappa shape index (κ3) is 6.25. The van der Waals surface area contributed by atoms with E-state index in [1.807, 2.05) is 0 Å². The lowest BCUT2D eigenvalue weighted by atomic mass is 9.42. The molecule has 7 heteroatoms. The number of benzene rings is 14. The van der Waals surface area contributed by atoms with Crippen molar-refractivity contribution in [3.05, 3.63) is 331 Å². The Morgan fingerprint density at radius 3 is 1.58 bits per heavy atom. The zero-order chi connectivity index (χ0) is 60.5. The first-order chi connectivity index (χ1) is 46.1. The van der Waals surface area contributed by atoms with E-state index in [0.717, 1.165) is 22.6 Å². The molecular formula is C86H53B2N5. The molecule has 5 aliphatic heterocycles. The van der Waals surface area contributed by atoms with Crippen molar-refractivity contribution in [1.29, 1.82) is 0 Å². The van der Waals surface area contributed by atoms with Crippen molar-refractivity contribution in [2.24, 2.45) is 0 Å². The number of aryl methyl sites for hydroxylation is 1. The van der Waals surface area contributed by atoms with E-state index in [4.69, 9.17) is 0 Å². The quantitative estimate of drug-likeness (QED) is 0.155. The second-order valence-corrected chi connectivity index (χ2v) is 26.3. The van der Waals surface area contributed by atoms with Gasteiger partial charge in [0.25, 0.3) is 0 Å². The van der Waals surface area contributed by atoms with E-state index in [9.17, 15) is 0 Å². The maximum atomic E-state index is 2.73. The van der Waals surface area contributed by atoms with Crippen molar-refractivity contribution in [2.45, 2.75) is 12.3 Å². The topological polar surface area (TPSA) is 21.3 Å². The van der Waals surface area contributed by atoms with Crippen molar-refractivity contribution in [1.82, 2.24) is 13.6 Å². The number of para-hydroxylation sites is 8.